The third kappa shape index (κ3) is 4.52. The Labute approximate surface area is 125 Å². The van der Waals surface area contributed by atoms with Gasteiger partial charge >= 0.3 is 5.97 Å². The number of hydrogen-bond acceptors (Lipinski definition) is 6. The summed E-state index contributed by atoms with van der Waals surface area (Å²) in [4.78, 5) is 11.7. The summed E-state index contributed by atoms with van der Waals surface area (Å²) in [5, 5.41) is 14.8. The third-order valence-corrected chi connectivity index (χ3v) is 5.56. The molecule has 0 aromatic carbocycles. The second-order valence-corrected chi connectivity index (χ2v) is 7.83. The van der Waals surface area contributed by atoms with Crippen LogP contribution in [0.5, 0.6) is 0 Å². The largest absolute Gasteiger partial charge is 0.466 e. The maximum Gasteiger partial charge on any atom is 0.308 e. The Morgan fingerprint density at radius 3 is 2.62 bits per heavy atom. The van der Waals surface area contributed by atoms with Gasteiger partial charge in [0.25, 0.3) is 0 Å². The average molecular weight is 317 g/mol. The lowest BCUT2D eigenvalue weighted by Crippen LogP contribution is -2.47. The number of hydrogen-bond donors (Lipinski definition) is 2. The van der Waals surface area contributed by atoms with Gasteiger partial charge in [0.15, 0.2) is 9.84 Å². The Morgan fingerprint density at radius 2 is 2.10 bits per heavy atom. The molecule has 1 aliphatic heterocycles. The molecule has 6 nitrogen and oxygen atoms in total. The topological polar surface area (TPSA) is 92.7 Å². The van der Waals surface area contributed by atoms with Gasteiger partial charge in [-0.05, 0) is 32.6 Å². The number of sulfone groups is 1. The highest BCUT2D eigenvalue weighted by Crippen LogP contribution is 2.32. The Hall–Kier alpha value is -0.920. The maximum absolute atomic E-state index is 11.7. The molecule has 0 spiro atoms. The third-order valence-electron chi connectivity index (χ3n) is 4.16. The Bertz CT molecular complexity index is 505. The number of rotatable bonds is 5. The van der Waals surface area contributed by atoms with Crippen LogP contribution in [-0.2, 0) is 19.4 Å². The van der Waals surface area contributed by atoms with Crippen LogP contribution in [0.1, 0.15) is 32.6 Å². The first-order valence-electron chi connectivity index (χ1n) is 7.37. The molecular formula is C14H23NO5S. The van der Waals surface area contributed by atoms with Crippen molar-refractivity contribution in [1.82, 2.24) is 5.32 Å². The van der Waals surface area contributed by atoms with Gasteiger partial charge in [-0.25, -0.2) is 8.42 Å². The molecule has 0 amide bonds. The van der Waals surface area contributed by atoms with Gasteiger partial charge in [0.05, 0.1) is 23.9 Å². The molecule has 1 saturated carbocycles. The smallest absolute Gasteiger partial charge is 0.308 e. The molecule has 2 N–H and O–H groups in total. The lowest BCUT2D eigenvalue weighted by atomic mass is 9.78. The molecule has 0 aromatic rings. The van der Waals surface area contributed by atoms with Crippen LogP contribution in [0.3, 0.4) is 0 Å². The summed E-state index contributed by atoms with van der Waals surface area (Å²) in [5.41, 5.74) is -0.872. The van der Waals surface area contributed by atoms with Crippen LogP contribution in [0, 0.1) is 5.92 Å². The van der Waals surface area contributed by atoms with E-state index in [0.717, 1.165) is 0 Å². The van der Waals surface area contributed by atoms with Crippen LogP contribution < -0.4 is 5.32 Å². The molecule has 1 fully saturated rings. The molecule has 2 aliphatic rings. The van der Waals surface area contributed by atoms with Gasteiger partial charge in [-0.3, -0.25) is 4.79 Å². The van der Waals surface area contributed by atoms with Crippen LogP contribution in [-0.4, -0.2) is 50.0 Å². The number of ether oxygens (including phenoxy) is 1. The number of carbonyl (C=O) groups excluding carboxylic acids is 1. The van der Waals surface area contributed by atoms with Crippen molar-refractivity contribution in [2.45, 2.75) is 44.2 Å². The highest BCUT2D eigenvalue weighted by Gasteiger charge is 2.37. The van der Waals surface area contributed by atoms with E-state index >= 15 is 0 Å². The highest BCUT2D eigenvalue weighted by atomic mass is 32.2. The fourth-order valence-electron chi connectivity index (χ4n) is 2.85. The SMILES string of the molecule is CCOC(=O)C1CCC(O)(CNC2C=CS(=O)(=O)C2)CC1. The lowest BCUT2D eigenvalue weighted by Gasteiger charge is -2.35. The Kier molecular flexibility index (Phi) is 5.06. The fourth-order valence-corrected chi connectivity index (χ4v) is 4.12. The van der Waals surface area contributed by atoms with Crippen molar-refractivity contribution in [3.8, 4) is 0 Å². The summed E-state index contributed by atoms with van der Waals surface area (Å²) in [6, 6.07) is -0.234. The molecule has 0 aromatic heterocycles. The first-order chi connectivity index (χ1) is 9.84. The Morgan fingerprint density at radius 1 is 1.43 bits per heavy atom. The maximum atomic E-state index is 11.7. The zero-order valence-corrected chi connectivity index (χ0v) is 13.1. The zero-order chi connectivity index (χ0) is 15.5. The molecule has 1 heterocycles. The van der Waals surface area contributed by atoms with Crippen molar-refractivity contribution in [2.24, 2.45) is 5.92 Å². The van der Waals surface area contributed by atoms with Gasteiger partial charge in [-0.15, -0.1) is 0 Å². The molecule has 2 rings (SSSR count). The van der Waals surface area contributed by atoms with E-state index in [1.165, 1.54) is 5.41 Å². The first kappa shape index (κ1) is 16.5. The molecule has 7 heteroatoms. The van der Waals surface area contributed by atoms with Crippen molar-refractivity contribution in [2.75, 3.05) is 18.9 Å². The molecule has 0 radical (unpaired) electrons. The molecule has 1 atom stereocenters. The normalized spacial score (nSPS) is 34.8. The molecule has 21 heavy (non-hydrogen) atoms. The van der Waals surface area contributed by atoms with Crippen LogP contribution in [0.15, 0.2) is 11.5 Å². The van der Waals surface area contributed by atoms with E-state index in [1.54, 1.807) is 13.0 Å². The van der Waals surface area contributed by atoms with Gasteiger partial charge < -0.3 is 15.2 Å². The summed E-state index contributed by atoms with van der Waals surface area (Å²) < 4.78 is 27.6. The predicted molar refractivity (Wildman–Crippen MR) is 78.3 cm³/mol. The molecule has 0 saturated heterocycles. The predicted octanol–water partition coefficient (Wildman–Crippen LogP) is 0.371. The quantitative estimate of drug-likeness (QED) is 0.712. The van der Waals surface area contributed by atoms with Crippen LogP contribution >= 0.6 is 0 Å². The first-order valence-corrected chi connectivity index (χ1v) is 9.08. The highest BCUT2D eigenvalue weighted by molar-refractivity contribution is 7.94. The van der Waals surface area contributed by atoms with Crippen LogP contribution in [0.4, 0.5) is 0 Å². The molecule has 120 valence electrons. The number of nitrogens with one attached hydrogen (secondary N) is 1. The molecule has 1 aliphatic carbocycles. The minimum atomic E-state index is -3.08. The second kappa shape index (κ2) is 6.46. The Balaban J connectivity index is 1.78. The monoisotopic (exact) mass is 317 g/mol. The summed E-state index contributed by atoms with van der Waals surface area (Å²) in [6.07, 6.45) is 3.87. The number of carbonyl (C=O) groups is 1. The van der Waals surface area contributed by atoms with Gasteiger partial charge in [0, 0.05) is 18.0 Å². The van der Waals surface area contributed by atoms with Crippen LogP contribution in [0.2, 0.25) is 0 Å². The van der Waals surface area contributed by atoms with E-state index in [-0.39, 0.29) is 23.7 Å². The van der Waals surface area contributed by atoms with Crippen molar-refractivity contribution in [1.29, 1.82) is 0 Å². The van der Waals surface area contributed by atoms with Gasteiger partial charge in [0.1, 0.15) is 0 Å². The zero-order valence-electron chi connectivity index (χ0n) is 12.2. The van der Waals surface area contributed by atoms with Crippen molar-refractivity contribution in [3.63, 3.8) is 0 Å². The number of esters is 1. The number of aliphatic hydroxyl groups is 1. The molecule has 0 bridgehead atoms. The summed E-state index contributed by atoms with van der Waals surface area (Å²) in [7, 11) is -3.08. The van der Waals surface area contributed by atoms with Gasteiger partial charge in [-0.1, -0.05) is 6.08 Å². The van der Waals surface area contributed by atoms with Gasteiger partial charge in [-0.2, -0.15) is 0 Å². The summed E-state index contributed by atoms with van der Waals surface area (Å²) >= 11 is 0. The van der Waals surface area contributed by atoms with E-state index in [1.807, 2.05) is 0 Å². The van der Waals surface area contributed by atoms with Crippen molar-refractivity contribution < 1.29 is 23.1 Å². The van der Waals surface area contributed by atoms with E-state index in [2.05, 4.69) is 5.32 Å². The van der Waals surface area contributed by atoms with Crippen LogP contribution in [0.25, 0.3) is 0 Å². The van der Waals surface area contributed by atoms with Gasteiger partial charge in [0.2, 0.25) is 0 Å². The van der Waals surface area contributed by atoms with E-state index < -0.39 is 15.4 Å². The molecular weight excluding hydrogens is 294 g/mol. The van der Waals surface area contributed by atoms with Crippen molar-refractivity contribution in [3.05, 3.63) is 11.5 Å². The summed E-state index contributed by atoms with van der Waals surface area (Å²) in [6.45, 7) is 2.50. The summed E-state index contributed by atoms with van der Waals surface area (Å²) in [5.74, 6) is -0.261. The average Bonchev–Trinajstić information content (AvgIpc) is 2.77. The fraction of sp³-hybridized carbons (Fsp3) is 0.786. The minimum Gasteiger partial charge on any atom is -0.466 e. The second-order valence-electron chi connectivity index (χ2n) is 5.90. The van der Waals surface area contributed by atoms with Crippen molar-refractivity contribution >= 4 is 15.8 Å². The lowest BCUT2D eigenvalue weighted by molar-refractivity contribution is -0.151. The van der Waals surface area contributed by atoms with E-state index in [0.29, 0.717) is 38.8 Å². The van der Waals surface area contributed by atoms with E-state index in [9.17, 15) is 18.3 Å². The minimum absolute atomic E-state index is 0.0501. The standard InChI is InChI=1S/C14H23NO5S/c1-2-20-13(16)11-3-6-14(17,7-4-11)10-15-12-5-8-21(18,19)9-12/h5,8,11-12,15,17H,2-4,6-7,9-10H2,1H3. The van der Waals surface area contributed by atoms with E-state index in [4.69, 9.17) is 4.74 Å². The molecule has 1 unspecified atom stereocenters.